The molecule has 3 rings (SSSR count). The van der Waals surface area contributed by atoms with Crippen LogP contribution in [0, 0.1) is 5.92 Å². The van der Waals surface area contributed by atoms with E-state index in [4.69, 9.17) is 15.2 Å². The van der Waals surface area contributed by atoms with Gasteiger partial charge in [0.2, 0.25) is 6.79 Å². The third kappa shape index (κ3) is 2.22. The van der Waals surface area contributed by atoms with Crippen LogP contribution in [0.2, 0.25) is 0 Å². The van der Waals surface area contributed by atoms with Crippen molar-refractivity contribution in [2.45, 2.75) is 25.8 Å². The molecule has 110 valence electrons. The van der Waals surface area contributed by atoms with Crippen molar-refractivity contribution >= 4 is 15.9 Å². The van der Waals surface area contributed by atoms with Crippen molar-refractivity contribution in [3.8, 4) is 11.5 Å². The molecule has 4 nitrogen and oxygen atoms in total. The van der Waals surface area contributed by atoms with Crippen LogP contribution in [-0.2, 0) is 6.42 Å². The lowest BCUT2D eigenvalue weighted by atomic mass is 9.94. The van der Waals surface area contributed by atoms with Gasteiger partial charge in [0, 0.05) is 12.6 Å². The van der Waals surface area contributed by atoms with E-state index in [1.807, 2.05) is 0 Å². The molecule has 1 fully saturated rings. The molecule has 2 aliphatic rings. The molecule has 0 aromatic heterocycles. The zero-order valence-electron chi connectivity index (χ0n) is 12.0. The molecule has 2 atom stereocenters. The van der Waals surface area contributed by atoms with Crippen LogP contribution in [0.15, 0.2) is 10.5 Å². The van der Waals surface area contributed by atoms with E-state index in [1.54, 1.807) is 0 Å². The number of hydrogen-bond acceptors (Lipinski definition) is 4. The van der Waals surface area contributed by atoms with Crippen LogP contribution in [0.1, 0.15) is 30.5 Å². The van der Waals surface area contributed by atoms with Gasteiger partial charge in [0.15, 0.2) is 11.5 Å². The smallest absolute Gasteiger partial charge is 0.231 e. The number of benzene rings is 1. The maximum atomic E-state index is 5.85. The number of fused-ring (bicyclic) bond motifs is 1. The molecular weight excluding hydrogens is 320 g/mol. The maximum absolute atomic E-state index is 5.85. The second kappa shape index (κ2) is 5.54. The van der Waals surface area contributed by atoms with Crippen LogP contribution in [-0.4, -0.2) is 31.8 Å². The summed E-state index contributed by atoms with van der Waals surface area (Å²) in [5, 5.41) is 0. The highest BCUT2D eigenvalue weighted by Gasteiger charge is 2.33. The van der Waals surface area contributed by atoms with Gasteiger partial charge < -0.3 is 15.2 Å². The molecule has 20 heavy (non-hydrogen) atoms. The molecule has 2 heterocycles. The highest BCUT2D eigenvalue weighted by atomic mass is 79.9. The predicted molar refractivity (Wildman–Crippen MR) is 82.2 cm³/mol. The normalized spacial score (nSPS) is 25.4. The van der Waals surface area contributed by atoms with Crippen LogP contribution in [0.4, 0.5) is 0 Å². The lowest BCUT2D eigenvalue weighted by molar-refractivity contribution is 0.173. The lowest BCUT2D eigenvalue weighted by Crippen LogP contribution is -2.21. The maximum Gasteiger partial charge on any atom is 0.231 e. The van der Waals surface area contributed by atoms with E-state index in [0.717, 1.165) is 41.9 Å². The van der Waals surface area contributed by atoms with E-state index in [2.05, 4.69) is 40.9 Å². The SMILES string of the molecule is CCc1c(C2CC(CN)CN2C)cc2c(c1Br)OCO2. The van der Waals surface area contributed by atoms with Gasteiger partial charge in [0.1, 0.15) is 0 Å². The van der Waals surface area contributed by atoms with E-state index in [1.165, 1.54) is 11.1 Å². The number of nitrogens with zero attached hydrogens (tertiary/aromatic N) is 1. The average molecular weight is 341 g/mol. The van der Waals surface area contributed by atoms with Gasteiger partial charge in [-0.1, -0.05) is 6.92 Å². The van der Waals surface area contributed by atoms with Gasteiger partial charge in [0.05, 0.1) is 4.47 Å². The Morgan fingerprint density at radius 1 is 1.45 bits per heavy atom. The molecule has 1 aromatic rings. The fourth-order valence-corrected chi connectivity index (χ4v) is 4.18. The van der Waals surface area contributed by atoms with Gasteiger partial charge in [-0.3, -0.25) is 4.90 Å². The van der Waals surface area contributed by atoms with E-state index >= 15 is 0 Å². The minimum Gasteiger partial charge on any atom is -0.454 e. The second-order valence-corrected chi connectivity index (χ2v) is 6.43. The fraction of sp³-hybridized carbons (Fsp3) is 0.600. The van der Waals surface area contributed by atoms with Crippen molar-refractivity contribution in [1.82, 2.24) is 4.90 Å². The van der Waals surface area contributed by atoms with Crippen molar-refractivity contribution in [1.29, 1.82) is 0 Å². The van der Waals surface area contributed by atoms with Gasteiger partial charge >= 0.3 is 0 Å². The lowest BCUT2D eigenvalue weighted by Gasteiger charge is -2.23. The summed E-state index contributed by atoms with van der Waals surface area (Å²) in [6, 6.07) is 2.58. The number of likely N-dealkylation sites (tertiary alicyclic amines) is 1. The number of halogens is 1. The molecule has 0 bridgehead atoms. The Kier molecular flexibility index (Phi) is 3.93. The first-order valence-electron chi connectivity index (χ1n) is 7.16. The topological polar surface area (TPSA) is 47.7 Å². The van der Waals surface area contributed by atoms with Crippen LogP contribution < -0.4 is 15.2 Å². The largest absolute Gasteiger partial charge is 0.454 e. The fourth-order valence-electron chi connectivity index (χ4n) is 3.36. The summed E-state index contributed by atoms with van der Waals surface area (Å²) in [7, 11) is 2.18. The molecule has 0 amide bonds. The minimum atomic E-state index is 0.312. The van der Waals surface area contributed by atoms with Gasteiger partial charge in [-0.2, -0.15) is 0 Å². The Morgan fingerprint density at radius 3 is 2.90 bits per heavy atom. The second-order valence-electron chi connectivity index (χ2n) is 5.64. The summed E-state index contributed by atoms with van der Waals surface area (Å²) in [6.07, 6.45) is 2.09. The number of hydrogen-bond donors (Lipinski definition) is 1. The van der Waals surface area contributed by atoms with Crippen LogP contribution in [0.25, 0.3) is 0 Å². The third-order valence-corrected chi connectivity index (χ3v) is 5.26. The molecule has 0 aliphatic carbocycles. The van der Waals surface area contributed by atoms with Gasteiger partial charge in [-0.05, 0) is 65.5 Å². The predicted octanol–water partition coefficient (Wildman–Crippen LogP) is 2.69. The Morgan fingerprint density at radius 2 is 2.25 bits per heavy atom. The average Bonchev–Trinajstić information content (AvgIpc) is 3.04. The van der Waals surface area contributed by atoms with Crippen LogP contribution in [0.5, 0.6) is 11.5 Å². The summed E-state index contributed by atoms with van der Waals surface area (Å²) in [5.41, 5.74) is 8.52. The van der Waals surface area contributed by atoms with E-state index < -0.39 is 0 Å². The van der Waals surface area contributed by atoms with Crippen molar-refractivity contribution in [2.75, 3.05) is 26.9 Å². The molecule has 0 radical (unpaired) electrons. The standard InChI is InChI=1S/C15H21BrN2O2/c1-3-10-11(12-4-9(6-17)7-18(12)2)5-13-15(14(10)16)20-8-19-13/h5,9,12H,3-4,6-8,17H2,1-2H3. The summed E-state index contributed by atoms with van der Waals surface area (Å²) in [6.45, 7) is 4.32. The molecule has 0 spiro atoms. The van der Waals surface area contributed by atoms with Crippen LogP contribution >= 0.6 is 15.9 Å². The molecule has 5 heteroatoms. The third-order valence-electron chi connectivity index (χ3n) is 4.42. The van der Waals surface area contributed by atoms with Crippen molar-refractivity contribution < 1.29 is 9.47 Å². The summed E-state index contributed by atoms with van der Waals surface area (Å²) in [4.78, 5) is 2.40. The first-order valence-corrected chi connectivity index (χ1v) is 7.96. The highest BCUT2D eigenvalue weighted by Crippen LogP contribution is 2.47. The molecule has 2 aliphatic heterocycles. The Hall–Kier alpha value is -0.780. The van der Waals surface area contributed by atoms with Crippen molar-refractivity contribution in [3.63, 3.8) is 0 Å². The molecule has 1 saturated heterocycles. The molecule has 0 saturated carbocycles. The molecular formula is C15H21BrN2O2. The Balaban J connectivity index is 2.03. The van der Waals surface area contributed by atoms with Gasteiger partial charge in [0.25, 0.3) is 0 Å². The van der Waals surface area contributed by atoms with E-state index in [0.29, 0.717) is 18.8 Å². The Bertz CT molecular complexity index is 521. The number of nitrogens with two attached hydrogens (primary N) is 1. The monoisotopic (exact) mass is 340 g/mol. The minimum absolute atomic E-state index is 0.312. The number of rotatable bonds is 3. The van der Waals surface area contributed by atoms with E-state index in [9.17, 15) is 0 Å². The van der Waals surface area contributed by atoms with Crippen molar-refractivity contribution in [2.24, 2.45) is 11.7 Å². The zero-order valence-corrected chi connectivity index (χ0v) is 13.6. The first-order chi connectivity index (χ1) is 9.65. The van der Waals surface area contributed by atoms with E-state index in [-0.39, 0.29) is 0 Å². The number of ether oxygens (including phenoxy) is 2. The molecule has 2 unspecified atom stereocenters. The van der Waals surface area contributed by atoms with Gasteiger partial charge in [-0.15, -0.1) is 0 Å². The van der Waals surface area contributed by atoms with Crippen molar-refractivity contribution in [3.05, 3.63) is 21.7 Å². The molecule has 1 aromatic carbocycles. The van der Waals surface area contributed by atoms with Crippen LogP contribution in [0.3, 0.4) is 0 Å². The highest BCUT2D eigenvalue weighted by molar-refractivity contribution is 9.10. The Labute approximate surface area is 128 Å². The zero-order chi connectivity index (χ0) is 14.3. The van der Waals surface area contributed by atoms with Gasteiger partial charge in [-0.25, -0.2) is 0 Å². The summed E-state index contributed by atoms with van der Waals surface area (Å²) < 4.78 is 12.2. The molecule has 2 N–H and O–H groups in total. The quantitative estimate of drug-likeness (QED) is 0.918. The summed E-state index contributed by atoms with van der Waals surface area (Å²) >= 11 is 3.69. The summed E-state index contributed by atoms with van der Waals surface area (Å²) in [5.74, 6) is 2.29. The first kappa shape index (κ1) is 14.2.